The average molecular weight is 291 g/mol. The van der Waals surface area contributed by atoms with Crippen LogP contribution in [0.3, 0.4) is 0 Å². The van der Waals surface area contributed by atoms with Gasteiger partial charge in [0.25, 0.3) is 0 Å². The van der Waals surface area contributed by atoms with Crippen LogP contribution in [0.25, 0.3) is 0 Å². The highest BCUT2D eigenvalue weighted by Gasteiger charge is 2.36. The van der Waals surface area contributed by atoms with E-state index in [1.807, 2.05) is 26.0 Å². The van der Waals surface area contributed by atoms with E-state index >= 15 is 0 Å². The summed E-state index contributed by atoms with van der Waals surface area (Å²) < 4.78 is 0. The van der Waals surface area contributed by atoms with Crippen LogP contribution < -0.4 is 11.1 Å². The molecule has 0 radical (unpaired) electrons. The number of carbonyl (C=O) groups is 1. The van der Waals surface area contributed by atoms with Crippen molar-refractivity contribution in [2.75, 3.05) is 24.2 Å². The number of anilines is 2. The molecule has 1 saturated heterocycles. The van der Waals surface area contributed by atoms with E-state index in [9.17, 15) is 9.90 Å². The number of aliphatic hydroxyl groups is 1. The van der Waals surface area contributed by atoms with E-state index in [2.05, 4.69) is 17.1 Å². The Morgan fingerprint density at radius 2 is 2.29 bits per heavy atom. The maximum absolute atomic E-state index is 12.5. The maximum atomic E-state index is 12.5. The van der Waals surface area contributed by atoms with Gasteiger partial charge in [-0.25, -0.2) is 0 Å². The molecule has 0 aliphatic carbocycles. The van der Waals surface area contributed by atoms with Crippen molar-refractivity contribution in [3.8, 4) is 0 Å². The fourth-order valence-electron chi connectivity index (χ4n) is 2.97. The highest BCUT2D eigenvalue weighted by Crippen LogP contribution is 2.26. The van der Waals surface area contributed by atoms with E-state index in [0.717, 1.165) is 24.2 Å². The standard InChI is InChI=1S/C16H25N3O2/c1-10-4-5-13(17)8-14(10)18-16(21)12(3)19-7-6-11(2)15(19)9-20/h4-5,8,11-12,15,20H,6-7,9,17H2,1-3H3,(H,18,21). The second-order valence-corrected chi connectivity index (χ2v) is 5.99. The number of nitrogens with two attached hydrogens (primary N) is 1. The molecule has 116 valence electrons. The van der Waals surface area contributed by atoms with Crippen molar-refractivity contribution in [1.82, 2.24) is 4.90 Å². The summed E-state index contributed by atoms with van der Waals surface area (Å²) in [6.45, 7) is 6.88. The lowest BCUT2D eigenvalue weighted by molar-refractivity contribution is -0.121. The lowest BCUT2D eigenvalue weighted by atomic mass is 10.0. The number of hydrogen-bond donors (Lipinski definition) is 3. The first-order chi connectivity index (χ1) is 9.93. The zero-order chi connectivity index (χ0) is 15.6. The SMILES string of the molecule is Cc1ccc(N)cc1NC(=O)C(C)N1CCC(C)C1CO. The molecule has 1 aromatic rings. The number of benzene rings is 1. The molecule has 3 atom stereocenters. The number of nitrogens with zero attached hydrogens (tertiary/aromatic N) is 1. The van der Waals surface area contributed by atoms with Crippen LogP contribution in [0.4, 0.5) is 11.4 Å². The number of aliphatic hydroxyl groups excluding tert-OH is 1. The maximum Gasteiger partial charge on any atom is 0.241 e. The molecule has 1 amide bonds. The Balaban J connectivity index is 2.07. The van der Waals surface area contributed by atoms with E-state index < -0.39 is 0 Å². The second kappa shape index (κ2) is 6.45. The highest BCUT2D eigenvalue weighted by atomic mass is 16.3. The van der Waals surface area contributed by atoms with Gasteiger partial charge in [0.15, 0.2) is 0 Å². The minimum atomic E-state index is -0.270. The molecule has 0 aromatic heterocycles. The quantitative estimate of drug-likeness (QED) is 0.736. The summed E-state index contributed by atoms with van der Waals surface area (Å²) in [5, 5.41) is 12.5. The summed E-state index contributed by atoms with van der Waals surface area (Å²) in [7, 11) is 0. The number of hydrogen-bond acceptors (Lipinski definition) is 4. The van der Waals surface area contributed by atoms with Gasteiger partial charge in [-0.05, 0) is 50.4 Å². The van der Waals surface area contributed by atoms with Crippen LogP contribution in [0.5, 0.6) is 0 Å². The smallest absolute Gasteiger partial charge is 0.241 e. The van der Waals surface area contributed by atoms with E-state index in [-0.39, 0.29) is 24.6 Å². The van der Waals surface area contributed by atoms with Crippen LogP contribution in [0.2, 0.25) is 0 Å². The first-order valence-electron chi connectivity index (χ1n) is 7.47. The summed E-state index contributed by atoms with van der Waals surface area (Å²) in [5.41, 5.74) is 8.13. The number of rotatable bonds is 4. The van der Waals surface area contributed by atoms with Gasteiger partial charge in [-0.15, -0.1) is 0 Å². The predicted octanol–water partition coefficient (Wildman–Crippen LogP) is 1.61. The van der Waals surface area contributed by atoms with Crippen molar-refractivity contribution >= 4 is 17.3 Å². The van der Waals surface area contributed by atoms with Crippen LogP contribution in [-0.2, 0) is 4.79 Å². The van der Waals surface area contributed by atoms with Gasteiger partial charge in [0, 0.05) is 17.4 Å². The molecule has 4 N–H and O–H groups in total. The van der Waals surface area contributed by atoms with E-state index in [0.29, 0.717) is 11.6 Å². The molecule has 1 fully saturated rings. The zero-order valence-corrected chi connectivity index (χ0v) is 13.0. The summed E-state index contributed by atoms with van der Waals surface area (Å²) in [5.74, 6) is 0.357. The largest absolute Gasteiger partial charge is 0.399 e. The van der Waals surface area contributed by atoms with Crippen molar-refractivity contribution < 1.29 is 9.90 Å². The molecule has 5 nitrogen and oxygen atoms in total. The van der Waals surface area contributed by atoms with Crippen LogP contribution in [0.15, 0.2) is 18.2 Å². The summed E-state index contributed by atoms with van der Waals surface area (Å²) >= 11 is 0. The molecule has 0 spiro atoms. The monoisotopic (exact) mass is 291 g/mol. The Hall–Kier alpha value is -1.59. The first-order valence-corrected chi connectivity index (χ1v) is 7.47. The van der Waals surface area contributed by atoms with Gasteiger partial charge in [0.05, 0.1) is 12.6 Å². The molecule has 1 heterocycles. The number of amides is 1. The minimum Gasteiger partial charge on any atom is -0.399 e. The molecule has 2 rings (SSSR count). The first kappa shape index (κ1) is 15.8. The van der Waals surface area contributed by atoms with Crippen molar-refractivity contribution in [2.24, 2.45) is 5.92 Å². The Morgan fingerprint density at radius 1 is 1.57 bits per heavy atom. The minimum absolute atomic E-state index is 0.0590. The molecular weight excluding hydrogens is 266 g/mol. The van der Waals surface area contributed by atoms with Gasteiger partial charge >= 0.3 is 0 Å². The third-order valence-corrected chi connectivity index (χ3v) is 4.51. The molecule has 0 saturated carbocycles. The van der Waals surface area contributed by atoms with Gasteiger partial charge in [-0.2, -0.15) is 0 Å². The topological polar surface area (TPSA) is 78.6 Å². The zero-order valence-electron chi connectivity index (χ0n) is 13.0. The van der Waals surface area contributed by atoms with Crippen LogP contribution in [0, 0.1) is 12.8 Å². The van der Waals surface area contributed by atoms with Crippen molar-refractivity contribution in [1.29, 1.82) is 0 Å². The molecule has 3 unspecified atom stereocenters. The Morgan fingerprint density at radius 3 is 2.95 bits per heavy atom. The second-order valence-electron chi connectivity index (χ2n) is 5.99. The van der Waals surface area contributed by atoms with Gasteiger partial charge in [0.2, 0.25) is 5.91 Å². The van der Waals surface area contributed by atoms with Gasteiger partial charge in [0.1, 0.15) is 0 Å². The molecule has 1 aliphatic heterocycles. The Labute approximate surface area is 126 Å². The summed E-state index contributed by atoms with van der Waals surface area (Å²) in [6.07, 6.45) is 1.01. The van der Waals surface area contributed by atoms with Gasteiger partial charge < -0.3 is 16.2 Å². The lowest BCUT2D eigenvalue weighted by Crippen LogP contribution is -2.47. The Bertz CT molecular complexity index is 518. The molecule has 1 aromatic carbocycles. The van der Waals surface area contributed by atoms with E-state index in [1.165, 1.54) is 0 Å². The Kier molecular flexibility index (Phi) is 4.85. The molecular formula is C16H25N3O2. The number of nitrogen functional groups attached to an aromatic ring is 1. The van der Waals surface area contributed by atoms with Crippen molar-refractivity contribution in [2.45, 2.75) is 39.3 Å². The van der Waals surface area contributed by atoms with Crippen LogP contribution in [0.1, 0.15) is 25.8 Å². The van der Waals surface area contributed by atoms with Crippen LogP contribution >= 0.6 is 0 Å². The number of aryl methyl sites for hydroxylation is 1. The van der Waals surface area contributed by atoms with Crippen molar-refractivity contribution in [3.05, 3.63) is 23.8 Å². The van der Waals surface area contributed by atoms with Crippen LogP contribution in [-0.4, -0.2) is 41.1 Å². The molecule has 21 heavy (non-hydrogen) atoms. The fourth-order valence-corrected chi connectivity index (χ4v) is 2.97. The predicted molar refractivity (Wildman–Crippen MR) is 85.0 cm³/mol. The normalized spacial score (nSPS) is 24.0. The highest BCUT2D eigenvalue weighted by molar-refractivity contribution is 5.95. The third kappa shape index (κ3) is 3.36. The lowest BCUT2D eigenvalue weighted by Gasteiger charge is -2.30. The molecule has 0 bridgehead atoms. The average Bonchev–Trinajstić information content (AvgIpc) is 2.82. The number of nitrogens with one attached hydrogen (secondary N) is 1. The summed E-state index contributed by atoms with van der Waals surface area (Å²) in [4.78, 5) is 14.5. The van der Waals surface area contributed by atoms with Gasteiger partial charge in [-0.1, -0.05) is 13.0 Å². The van der Waals surface area contributed by atoms with E-state index in [1.54, 1.807) is 6.07 Å². The van der Waals surface area contributed by atoms with Gasteiger partial charge in [-0.3, -0.25) is 9.69 Å². The summed E-state index contributed by atoms with van der Waals surface area (Å²) in [6, 6.07) is 5.28. The van der Waals surface area contributed by atoms with E-state index in [4.69, 9.17) is 5.73 Å². The molecule has 1 aliphatic rings. The van der Waals surface area contributed by atoms with Crippen molar-refractivity contribution in [3.63, 3.8) is 0 Å². The number of likely N-dealkylation sites (tertiary alicyclic amines) is 1. The number of carbonyl (C=O) groups excluding carboxylic acids is 1. The molecule has 5 heteroatoms. The fraction of sp³-hybridized carbons (Fsp3) is 0.562. The third-order valence-electron chi connectivity index (χ3n) is 4.51.